The fraction of sp³-hybridized carbons (Fsp3) is 0.538. The molecule has 0 aromatic heterocycles. The van der Waals surface area contributed by atoms with Crippen molar-refractivity contribution in [1.82, 2.24) is 5.32 Å². The van der Waals surface area contributed by atoms with Crippen molar-refractivity contribution in [2.75, 3.05) is 19.7 Å². The number of ether oxygens (including phenoxy) is 1. The number of nitrogens with two attached hydrogens (primary N) is 1. The van der Waals surface area contributed by atoms with Crippen LogP contribution in [0.3, 0.4) is 0 Å². The highest BCUT2D eigenvalue weighted by Gasteiger charge is 2.19. The molecule has 0 saturated carbocycles. The van der Waals surface area contributed by atoms with Crippen LogP contribution in [-0.2, 0) is 4.74 Å². The molecule has 2 atom stereocenters. The third kappa shape index (κ3) is 3.59. The summed E-state index contributed by atoms with van der Waals surface area (Å²) in [4.78, 5) is 0. The van der Waals surface area contributed by atoms with E-state index in [9.17, 15) is 0 Å². The zero-order valence-corrected chi connectivity index (χ0v) is 11.7. The van der Waals surface area contributed by atoms with Gasteiger partial charge in [0.05, 0.1) is 6.10 Å². The molecule has 3 N–H and O–H groups in total. The molecule has 100 valence electrons. The van der Waals surface area contributed by atoms with Crippen LogP contribution < -0.4 is 11.1 Å². The van der Waals surface area contributed by atoms with E-state index >= 15 is 0 Å². The predicted octanol–water partition coefficient (Wildman–Crippen LogP) is 2.76. The number of benzene rings is 1. The number of nitrogens with one attached hydrogen (secondary N) is 1. The molecule has 0 radical (unpaired) electrons. The lowest BCUT2D eigenvalue weighted by Gasteiger charge is -2.21. The first kappa shape index (κ1) is 14.1. The smallest absolute Gasteiger partial charge is 0.0700 e. The average molecular weight is 289 g/mol. The Hall–Kier alpha value is -0.320. The lowest BCUT2D eigenvalue weighted by atomic mass is 10.1. The van der Waals surface area contributed by atoms with Crippen molar-refractivity contribution in [3.05, 3.63) is 33.8 Å². The van der Waals surface area contributed by atoms with E-state index in [1.54, 1.807) is 12.1 Å². The van der Waals surface area contributed by atoms with E-state index in [1.807, 2.05) is 6.07 Å². The summed E-state index contributed by atoms with van der Waals surface area (Å²) < 4.78 is 5.58. The number of halogens is 2. The topological polar surface area (TPSA) is 47.3 Å². The number of hydrogen-bond donors (Lipinski definition) is 2. The second kappa shape index (κ2) is 6.73. The van der Waals surface area contributed by atoms with Gasteiger partial charge in [-0.25, -0.2) is 0 Å². The molecular weight excluding hydrogens is 271 g/mol. The molecule has 1 aromatic carbocycles. The molecule has 2 rings (SSSR count). The summed E-state index contributed by atoms with van der Waals surface area (Å²) in [6.45, 7) is 2.13. The molecule has 1 aliphatic heterocycles. The van der Waals surface area contributed by atoms with Crippen LogP contribution >= 0.6 is 23.2 Å². The Kier molecular flexibility index (Phi) is 5.27. The van der Waals surface area contributed by atoms with Crippen molar-refractivity contribution in [2.24, 2.45) is 5.73 Å². The van der Waals surface area contributed by atoms with Gasteiger partial charge in [0, 0.05) is 35.8 Å². The third-order valence-corrected chi connectivity index (χ3v) is 3.76. The summed E-state index contributed by atoms with van der Waals surface area (Å²) in [6.07, 6.45) is 2.53. The lowest BCUT2D eigenvalue weighted by Crippen LogP contribution is -2.34. The van der Waals surface area contributed by atoms with E-state index < -0.39 is 0 Å². The molecule has 1 fully saturated rings. The van der Waals surface area contributed by atoms with E-state index in [1.165, 1.54) is 0 Å². The molecular formula is C13H18Cl2N2O. The quantitative estimate of drug-likeness (QED) is 0.876. The van der Waals surface area contributed by atoms with Gasteiger partial charge < -0.3 is 15.8 Å². The fourth-order valence-corrected chi connectivity index (χ4v) is 2.61. The first-order chi connectivity index (χ1) is 8.70. The van der Waals surface area contributed by atoms with Gasteiger partial charge in [-0.1, -0.05) is 23.2 Å². The van der Waals surface area contributed by atoms with E-state index in [0.29, 0.717) is 16.6 Å². The Balaban J connectivity index is 2.00. The van der Waals surface area contributed by atoms with Crippen LogP contribution in [0, 0.1) is 0 Å². The SMILES string of the molecule is NCC(NCC1CCCO1)c1cc(Cl)ccc1Cl. The molecule has 0 bridgehead atoms. The fourth-order valence-electron chi connectivity index (χ4n) is 2.18. The van der Waals surface area contributed by atoms with Crippen LogP contribution in [0.4, 0.5) is 0 Å². The lowest BCUT2D eigenvalue weighted by molar-refractivity contribution is 0.107. The van der Waals surface area contributed by atoms with Crippen molar-refractivity contribution < 1.29 is 4.74 Å². The summed E-state index contributed by atoms with van der Waals surface area (Å²) in [5.74, 6) is 0. The maximum absolute atomic E-state index is 6.18. The first-order valence-corrected chi connectivity index (χ1v) is 6.96. The van der Waals surface area contributed by atoms with Crippen LogP contribution in [0.5, 0.6) is 0 Å². The summed E-state index contributed by atoms with van der Waals surface area (Å²) in [5, 5.41) is 4.77. The van der Waals surface area contributed by atoms with Gasteiger partial charge in [0.25, 0.3) is 0 Å². The minimum atomic E-state index is 0.0143. The first-order valence-electron chi connectivity index (χ1n) is 6.20. The van der Waals surface area contributed by atoms with Crippen LogP contribution in [0.25, 0.3) is 0 Å². The van der Waals surface area contributed by atoms with E-state index in [2.05, 4.69) is 5.32 Å². The van der Waals surface area contributed by atoms with Gasteiger partial charge in [-0.15, -0.1) is 0 Å². The highest BCUT2D eigenvalue weighted by atomic mass is 35.5. The molecule has 1 aliphatic rings. The molecule has 2 unspecified atom stereocenters. The van der Waals surface area contributed by atoms with Gasteiger partial charge in [-0.2, -0.15) is 0 Å². The summed E-state index contributed by atoms with van der Waals surface area (Å²) >= 11 is 12.2. The van der Waals surface area contributed by atoms with E-state index in [0.717, 1.165) is 31.6 Å². The van der Waals surface area contributed by atoms with Crippen LogP contribution in [0.2, 0.25) is 10.0 Å². The van der Waals surface area contributed by atoms with Crippen LogP contribution in [0.15, 0.2) is 18.2 Å². The molecule has 0 spiro atoms. The zero-order chi connectivity index (χ0) is 13.0. The molecule has 1 heterocycles. The molecule has 0 aliphatic carbocycles. The molecule has 1 saturated heterocycles. The molecule has 5 heteroatoms. The van der Waals surface area contributed by atoms with Crippen molar-refractivity contribution >= 4 is 23.2 Å². The highest BCUT2D eigenvalue weighted by molar-refractivity contribution is 6.33. The number of rotatable bonds is 5. The van der Waals surface area contributed by atoms with Gasteiger partial charge in [0.1, 0.15) is 0 Å². The summed E-state index contributed by atoms with van der Waals surface area (Å²) in [7, 11) is 0. The Bertz CT molecular complexity index is 395. The average Bonchev–Trinajstić information content (AvgIpc) is 2.87. The van der Waals surface area contributed by atoms with Gasteiger partial charge in [-0.3, -0.25) is 0 Å². The summed E-state index contributed by atoms with van der Waals surface area (Å²) in [5.41, 5.74) is 6.75. The van der Waals surface area contributed by atoms with Gasteiger partial charge in [0.15, 0.2) is 0 Å². The van der Waals surface area contributed by atoms with Gasteiger partial charge in [-0.05, 0) is 36.6 Å². The highest BCUT2D eigenvalue weighted by Crippen LogP contribution is 2.26. The van der Waals surface area contributed by atoms with Crippen LogP contribution in [0.1, 0.15) is 24.4 Å². The Labute approximate surface area is 118 Å². The maximum Gasteiger partial charge on any atom is 0.0700 e. The largest absolute Gasteiger partial charge is 0.377 e. The minimum Gasteiger partial charge on any atom is -0.377 e. The molecule has 0 amide bonds. The molecule has 1 aromatic rings. The van der Waals surface area contributed by atoms with Gasteiger partial charge in [0.2, 0.25) is 0 Å². The van der Waals surface area contributed by atoms with Crippen LogP contribution in [-0.4, -0.2) is 25.8 Å². The van der Waals surface area contributed by atoms with Crippen molar-refractivity contribution in [2.45, 2.75) is 25.0 Å². The van der Waals surface area contributed by atoms with Crippen molar-refractivity contribution in [1.29, 1.82) is 0 Å². The second-order valence-corrected chi connectivity index (χ2v) is 5.34. The maximum atomic E-state index is 6.18. The minimum absolute atomic E-state index is 0.0143. The Morgan fingerprint density at radius 1 is 1.44 bits per heavy atom. The van der Waals surface area contributed by atoms with Gasteiger partial charge >= 0.3 is 0 Å². The molecule has 18 heavy (non-hydrogen) atoms. The Morgan fingerprint density at radius 3 is 2.94 bits per heavy atom. The predicted molar refractivity (Wildman–Crippen MR) is 75.2 cm³/mol. The van der Waals surface area contributed by atoms with Crippen molar-refractivity contribution in [3.8, 4) is 0 Å². The number of hydrogen-bond acceptors (Lipinski definition) is 3. The second-order valence-electron chi connectivity index (χ2n) is 4.50. The monoisotopic (exact) mass is 288 g/mol. The zero-order valence-electron chi connectivity index (χ0n) is 10.2. The normalized spacial score (nSPS) is 21.2. The Morgan fingerprint density at radius 2 is 2.28 bits per heavy atom. The summed E-state index contributed by atoms with van der Waals surface area (Å²) in [6, 6.07) is 5.46. The van der Waals surface area contributed by atoms with E-state index in [-0.39, 0.29) is 12.1 Å². The van der Waals surface area contributed by atoms with Crippen molar-refractivity contribution in [3.63, 3.8) is 0 Å². The molecule has 3 nitrogen and oxygen atoms in total. The third-order valence-electron chi connectivity index (χ3n) is 3.19. The van der Waals surface area contributed by atoms with E-state index in [4.69, 9.17) is 33.7 Å². The standard InChI is InChI=1S/C13H18Cl2N2O/c14-9-3-4-12(15)11(6-9)13(7-16)17-8-10-2-1-5-18-10/h3-4,6,10,13,17H,1-2,5,7-8,16H2.